The van der Waals surface area contributed by atoms with Gasteiger partial charge in [-0.1, -0.05) is 0 Å². The summed E-state index contributed by atoms with van der Waals surface area (Å²) in [5.41, 5.74) is 0.710. The molecular formula is C10H9F2N5O. The van der Waals surface area contributed by atoms with Crippen LogP contribution in [0.4, 0.5) is 19.3 Å². The molecule has 2 amide bonds. The highest BCUT2D eigenvalue weighted by molar-refractivity contribution is 5.89. The lowest BCUT2D eigenvalue weighted by atomic mass is 10.3. The number of anilines is 1. The van der Waals surface area contributed by atoms with Crippen LogP contribution in [0.1, 0.15) is 5.69 Å². The maximum atomic E-state index is 12.9. The Labute approximate surface area is 100 Å². The van der Waals surface area contributed by atoms with Crippen LogP contribution in [0.15, 0.2) is 24.4 Å². The molecule has 18 heavy (non-hydrogen) atoms. The Morgan fingerprint density at radius 1 is 1.33 bits per heavy atom. The summed E-state index contributed by atoms with van der Waals surface area (Å²) >= 11 is 0. The maximum absolute atomic E-state index is 12.9. The van der Waals surface area contributed by atoms with Crippen LogP contribution in [0.3, 0.4) is 0 Å². The highest BCUT2D eigenvalue weighted by Gasteiger charge is 2.06. The van der Waals surface area contributed by atoms with Gasteiger partial charge >= 0.3 is 6.03 Å². The molecule has 6 nitrogen and oxygen atoms in total. The Morgan fingerprint density at radius 2 is 2.17 bits per heavy atom. The van der Waals surface area contributed by atoms with Gasteiger partial charge in [-0.25, -0.2) is 13.6 Å². The summed E-state index contributed by atoms with van der Waals surface area (Å²) in [7, 11) is 0. The zero-order valence-corrected chi connectivity index (χ0v) is 9.08. The molecule has 1 heterocycles. The van der Waals surface area contributed by atoms with E-state index in [4.69, 9.17) is 0 Å². The highest BCUT2D eigenvalue weighted by atomic mass is 19.2. The first-order valence-electron chi connectivity index (χ1n) is 4.99. The smallest absolute Gasteiger partial charge is 0.319 e. The van der Waals surface area contributed by atoms with Crippen LogP contribution in [0.5, 0.6) is 0 Å². The Morgan fingerprint density at radius 3 is 2.83 bits per heavy atom. The summed E-state index contributed by atoms with van der Waals surface area (Å²) in [6, 6.07) is 2.53. The molecule has 0 bridgehead atoms. The van der Waals surface area contributed by atoms with Crippen LogP contribution in [0, 0.1) is 11.6 Å². The number of urea groups is 1. The monoisotopic (exact) mass is 253 g/mol. The average molecular weight is 253 g/mol. The topological polar surface area (TPSA) is 82.7 Å². The first-order valence-corrected chi connectivity index (χ1v) is 4.99. The average Bonchev–Trinajstić information content (AvgIpc) is 2.84. The predicted molar refractivity (Wildman–Crippen MR) is 58.6 cm³/mol. The minimum Gasteiger partial charge on any atom is -0.332 e. The lowest BCUT2D eigenvalue weighted by Gasteiger charge is -2.06. The number of carbonyl (C=O) groups excluding carboxylic acids is 1. The normalized spacial score (nSPS) is 10.1. The number of amides is 2. The van der Waals surface area contributed by atoms with Gasteiger partial charge in [-0.15, -0.1) is 0 Å². The first-order chi connectivity index (χ1) is 8.65. The standard InChI is InChI=1S/C10H9F2N5O/c11-8-2-1-6(3-9(8)12)15-10(18)13-4-7-5-14-17-16-7/h1-3,5H,4H2,(H2,13,15,18)(H,14,16,17). The Balaban J connectivity index is 1.88. The molecule has 2 rings (SSSR count). The molecule has 1 aromatic carbocycles. The van der Waals surface area contributed by atoms with Gasteiger partial charge in [0.25, 0.3) is 0 Å². The van der Waals surface area contributed by atoms with E-state index in [9.17, 15) is 13.6 Å². The van der Waals surface area contributed by atoms with Gasteiger partial charge in [0, 0.05) is 11.8 Å². The molecule has 0 fully saturated rings. The number of hydrogen-bond acceptors (Lipinski definition) is 3. The number of aromatic amines is 1. The van der Waals surface area contributed by atoms with Crippen LogP contribution >= 0.6 is 0 Å². The predicted octanol–water partition coefficient (Wildman–Crippen LogP) is 1.40. The van der Waals surface area contributed by atoms with Crippen LogP contribution < -0.4 is 10.6 Å². The third kappa shape index (κ3) is 3.00. The lowest BCUT2D eigenvalue weighted by Crippen LogP contribution is -2.28. The number of aromatic nitrogens is 3. The van der Waals surface area contributed by atoms with E-state index in [2.05, 4.69) is 26.0 Å². The van der Waals surface area contributed by atoms with E-state index in [0.29, 0.717) is 5.69 Å². The van der Waals surface area contributed by atoms with Gasteiger partial charge in [0.2, 0.25) is 0 Å². The van der Waals surface area contributed by atoms with Crippen molar-refractivity contribution >= 4 is 11.7 Å². The van der Waals surface area contributed by atoms with E-state index < -0.39 is 17.7 Å². The lowest BCUT2D eigenvalue weighted by molar-refractivity contribution is 0.251. The fraction of sp³-hybridized carbons (Fsp3) is 0.100. The number of rotatable bonds is 3. The Kier molecular flexibility index (Phi) is 3.46. The summed E-state index contributed by atoms with van der Waals surface area (Å²) in [6.45, 7) is 0.173. The first kappa shape index (κ1) is 12.0. The largest absolute Gasteiger partial charge is 0.332 e. The van der Waals surface area contributed by atoms with Gasteiger partial charge in [-0.05, 0) is 12.1 Å². The number of nitrogens with one attached hydrogen (secondary N) is 3. The van der Waals surface area contributed by atoms with E-state index >= 15 is 0 Å². The van der Waals surface area contributed by atoms with Crippen molar-refractivity contribution in [1.82, 2.24) is 20.7 Å². The molecule has 0 saturated heterocycles. The van der Waals surface area contributed by atoms with E-state index in [1.807, 2.05) is 0 Å². The molecule has 2 aromatic rings. The molecule has 0 unspecified atom stereocenters. The van der Waals surface area contributed by atoms with Crippen LogP contribution in [0.2, 0.25) is 0 Å². The number of hydrogen-bond donors (Lipinski definition) is 3. The van der Waals surface area contributed by atoms with E-state index in [0.717, 1.165) is 12.1 Å². The summed E-state index contributed by atoms with van der Waals surface area (Å²) in [5.74, 6) is -1.99. The molecule has 1 aromatic heterocycles. The van der Waals surface area contributed by atoms with Crippen molar-refractivity contribution in [3.8, 4) is 0 Å². The minimum absolute atomic E-state index is 0.159. The van der Waals surface area contributed by atoms with E-state index in [-0.39, 0.29) is 12.2 Å². The molecule has 8 heteroatoms. The van der Waals surface area contributed by atoms with Gasteiger partial charge in [0.15, 0.2) is 11.6 Å². The van der Waals surface area contributed by atoms with Gasteiger partial charge in [-0.2, -0.15) is 15.4 Å². The Bertz CT molecular complexity index is 543. The van der Waals surface area contributed by atoms with E-state index in [1.54, 1.807) is 0 Å². The zero-order valence-electron chi connectivity index (χ0n) is 9.08. The quantitative estimate of drug-likeness (QED) is 0.773. The fourth-order valence-corrected chi connectivity index (χ4v) is 1.23. The van der Waals surface area contributed by atoms with E-state index in [1.165, 1.54) is 12.3 Å². The van der Waals surface area contributed by atoms with Crippen LogP contribution in [-0.4, -0.2) is 21.4 Å². The van der Waals surface area contributed by atoms with Gasteiger partial charge < -0.3 is 10.6 Å². The van der Waals surface area contributed by atoms with Gasteiger partial charge in [-0.3, -0.25) is 0 Å². The van der Waals surface area contributed by atoms with Crippen molar-refractivity contribution in [2.24, 2.45) is 0 Å². The second-order valence-corrected chi connectivity index (χ2v) is 3.40. The van der Waals surface area contributed by atoms with Crippen molar-refractivity contribution in [3.63, 3.8) is 0 Å². The van der Waals surface area contributed by atoms with Gasteiger partial charge in [0.05, 0.1) is 12.7 Å². The number of H-pyrrole nitrogens is 1. The highest BCUT2D eigenvalue weighted by Crippen LogP contribution is 2.12. The third-order valence-corrected chi connectivity index (χ3v) is 2.07. The summed E-state index contributed by atoms with van der Waals surface area (Å²) < 4.78 is 25.5. The number of carbonyl (C=O) groups is 1. The zero-order chi connectivity index (χ0) is 13.0. The summed E-state index contributed by atoms with van der Waals surface area (Å²) in [6.07, 6.45) is 1.46. The third-order valence-electron chi connectivity index (χ3n) is 2.07. The van der Waals surface area contributed by atoms with Crippen molar-refractivity contribution in [2.45, 2.75) is 6.54 Å². The number of nitrogens with zero attached hydrogens (tertiary/aromatic N) is 2. The second-order valence-electron chi connectivity index (χ2n) is 3.40. The molecular weight excluding hydrogens is 244 g/mol. The molecule has 0 atom stereocenters. The number of halogens is 2. The fourth-order valence-electron chi connectivity index (χ4n) is 1.23. The van der Waals surface area contributed by atoms with Crippen molar-refractivity contribution < 1.29 is 13.6 Å². The molecule has 94 valence electrons. The molecule has 0 aliphatic heterocycles. The molecule has 0 radical (unpaired) electrons. The minimum atomic E-state index is -1.02. The molecule has 0 spiro atoms. The Hall–Kier alpha value is -2.51. The van der Waals surface area contributed by atoms with Crippen molar-refractivity contribution in [3.05, 3.63) is 41.7 Å². The maximum Gasteiger partial charge on any atom is 0.319 e. The molecule has 0 aliphatic carbocycles. The SMILES string of the molecule is O=C(NCc1cn[nH]n1)Nc1ccc(F)c(F)c1. The second kappa shape index (κ2) is 5.21. The van der Waals surface area contributed by atoms with Crippen molar-refractivity contribution in [1.29, 1.82) is 0 Å². The van der Waals surface area contributed by atoms with Crippen molar-refractivity contribution in [2.75, 3.05) is 5.32 Å². The summed E-state index contributed by atoms with van der Waals surface area (Å²) in [4.78, 5) is 11.4. The van der Waals surface area contributed by atoms with Gasteiger partial charge in [0.1, 0.15) is 5.69 Å². The van der Waals surface area contributed by atoms with Crippen LogP contribution in [-0.2, 0) is 6.54 Å². The summed E-state index contributed by atoms with van der Waals surface area (Å²) in [5, 5.41) is 14.5. The number of benzene rings is 1. The molecule has 0 saturated carbocycles. The van der Waals surface area contributed by atoms with Crippen LogP contribution in [0.25, 0.3) is 0 Å². The molecule has 3 N–H and O–H groups in total. The molecule has 0 aliphatic rings.